The Kier molecular flexibility index (Phi) is 3.49. The largest absolute Gasteiger partial charge is 0.454 e. The minimum Gasteiger partial charge on any atom is -0.454 e. The van der Waals surface area contributed by atoms with Crippen molar-refractivity contribution in [1.29, 1.82) is 0 Å². The maximum absolute atomic E-state index is 10.9. The van der Waals surface area contributed by atoms with Gasteiger partial charge in [0.25, 0.3) is 0 Å². The Bertz CT molecular complexity index is 630. The Morgan fingerprint density at radius 2 is 2.44 bits per heavy atom. The number of fused-ring (bicyclic) bond motifs is 1. The maximum Gasteiger partial charge on any atom is 0.384 e. The topological polar surface area (TPSA) is 57.0 Å². The van der Waals surface area contributed by atoms with Crippen molar-refractivity contribution in [1.82, 2.24) is 14.5 Å². The summed E-state index contributed by atoms with van der Waals surface area (Å²) in [4.78, 5) is 18.9. The van der Waals surface area contributed by atoms with Gasteiger partial charge in [-0.15, -0.1) is 6.42 Å². The van der Waals surface area contributed by atoms with Crippen LogP contribution in [0, 0.1) is 12.3 Å². The number of hydrogen-bond acceptors (Lipinski definition) is 4. The zero-order chi connectivity index (χ0) is 13.1. The van der Waals surface area contributed by atoms with Crippen LogP contribution >= 0.6 is 11.6 Å². The smallest absolute Gasteiger partial charge is 0.384 e. The molecular formula is C12H10ClN3O2. The van der Waals surface area contributed by atoms with E-state index >= 15 is 0 Å². The quantitative estimate of drug-likeness (QED) is 0.367. The average molecular weight is 264 g/mol. The molecule has 2 aromatic rings. The lowest BCUT2D eigenvalue weighted by molar-refractivity contribution is -0.137. The molecule has 0 saturated heterocycles. The van der Waals surface area contributed by atoms with Crippen LogP contribution in [0.5, 0.6) is 0 Å². The van der Waals surface area contributed by atoms with E-state index in [0.29, 0.717) is 10.8 Å². The Morgan fingerprint density at radius 1 is 1.67 bits per heavy atom. The number of halogens is 1. The highest BCUT2D eigenvalue weighted by molar-refractivity contribution is 6.33. The van der Waals surface area contributed by atoms with Gasteiger partial charge < -0.3 is 9.30 Å². The predicted molar refractivity (Wildman–Crippen MR) is 67.0 cm³/mol. The van der Waals surface area contributed by atoms with Crippen LogP contribution in [-0.4, -0.2) is 27.1 Å². The van der Waals surface area contributed by atoms with Crippen LogP contribution in [0.15, 0.2) is 18.6 Å². The summed E-state index contributed by atoms with van der Waals surface area (Å²) in [5.74, 6) is 1.22. The van der Waals surface area contributed by atoms with Gasteiger partial charge in [0.15, 0.2) is 0 Å². The summed E-state index contributed by atoms with van der Waals surface area (Å²) in [6.07, 6.45) is 8.13. The Labute approximate surface area is 109 Å². The van der Waals surface area contributed by atoms with Crippen LogP contribution < -0.4 is 0 Å². The summed E-state index contributed by atoms with van der Waals surface area (Å²) in [5, 5.41) is 1.15. The van der Waals surface area contributed by atoms with E-state index in [1.807, 2.05) is 29.7 Å². The predicted octanol–water partition coefficient (Wildman–Crippen LogP) is 1.82. The molecule has 0 aliphatic carbocycles. The Morgan fingerprint density at radius 3 is 3.17 bits per heavy atom. The summed E-state index contributed by atoms with van der Waals surface area (Å²) in [7, 11) is 0. The van der Waals surface area contributed by atoms with Crippen molar-refractivity contribution in [2.45, 2.75) is 13.0 Å². The highest BCUT2D eigenvalue weighted by Crippen LogP contribution is 2.23. The van der Waals surface area contributed by atoms with Gasteiger partial charge in [-0.25, -0.2) is 14.8 Å². The normalized spacial score (nSPS) is 12.1. The third kappa shape index (κ3) is 2.29. The molecular weight excluding hydrogens is 254 g/mol. The van der Waals surface area contributed by atoms with Gasteiger partial charge in [-0.2, -0.15) is 0 Å². The molecule has 18 heavy (non-hydrogen) atoms. The number of carbonyl (C=O) groups excluding carboxylic acids is 1. The monoisotopic (exact) mass is 263 g/mol. The molecule has 0 fully saturated rings. The molecule has 0 spiro atoms. The molecule has 2 aromatic heterocycles. The molecule has 0 aromatic carbocycles. The van der Waals surface area contributed by atoms with Crippen LogP contribution in [0.2, 0.25) is 5.15 Å². The Hall–Kier alpha value is -2.06. The lowest BCUT2D eigenvalue weighted by Crippen LogP contribution is -2.14. The summed E-state index contributed by atoms with van der Waals surface area (Å²) in [5.41, 5.74) is 0.694. The van der Waals surface area contributed by atoms with Gasteiger partial charge in [0.05, 0.1) is 11.4 Å². The number of aromatic nitrogens is 3. The van der Waals surface area contributed by atoms with Gasteiger partial charge in [-0.3, -0.25) is 0 Å². The number of esters is 1. The molecule has 5 nitrogen and oxygen atoms in total. The van der Waals surface area contributed by atoms with E-state index in [0.717, 1.165) is 5.39 Å². The molecule has 0 aliphatic rings. The lowest BCUT2D eigenvalue weighted by Gasteiger charge is -2.13. The summed E-state index contributed by atoms with van der Waals surface area (Å²) < 4.78 is 6.74. The molecule has 0 saturated carbocycles. The van der Waals surface area contributed by atoms with Crippen LogP contribution in [-0.2, 0) is 9.53 Å². The molecule has 0 amide bonds. The van der Waals surface area contributed by atoms with Crippen molar-refractivity contribution < 1.29 is 9.53 Å². The molecule has 1 unspecified atom stereocenters. The minimum atomic E-state index is -0.675. The summed E-state index contributed by atoms with van der Waals surface area (Å²) in [6.45, 7) is 2.06. The van der Waals surface area contributed by atoms with Crippen LogP contribution in [0.25, 0.3) is 11.0 Å². The van der Waals surface area contributed by atoms with E-state index in [1.165, 1.54) is 6.33 Å². The number of hydrogen-bond donors (Lipinski definition) is 0. The SMILES string of the molecule is C#CC(=O)OCC(C)n1ccc2c(Cl)ncnc21. The van der Waals surface area contributed by atoms with E-state index in [-0.39, 0.29) is 12.6 Å². The highest BCUT2D eigenvalue weighted by atomic mass is 35.5. The molecule has 0 N–H and O–H groups in total. The average Bonchev–Trinajstić information content (AvgIpc) is 2.81. The lowest BCUT2D eigenvalue weighted by atomic mass is 10.3. The first-order valence-electron chi connectivity index (χ1n) is 5.24. The van der Waals surface area contributed by atoms with Gasteiger partial charge in [-0.05, 0) is 13.0 Å². The second kappa shape index (κ2) is 5.07. The van der Waals surface area contributed by atoms with Crippen molar-refractivity contribution in [2.75, 3.05) is 6.61 Å². The third-order valence-electron chi connectivity index (χ3n) is 2.51. The fourth-order valence-corrected chi connectivity index (χ4v) is 1.81. The van der Waals surface area contributed by atoms with Gasteiger partial charge in [-0.1, -0.05) is 11.6 Å². The van der Waals surface area contributed by atoms with Gasteiger partial charge >= 0.3 is 5.97 Å². The van der Waals surface area contributed by atoms with E-state index in [1.54, 1.807) is 0 Å². The number of ether oxygens (including phenoxy) is 1. The number of nitrogens with zero attached hydrogens (tertiary/aromatic N) is 3. The molecule has 2 rings (SSSR count). The van der Waals surface area contributed by atoms with E-state index in [4.69, 9.17) is 22.8 Å². The molecule has 92 valence electrons. The third-order valence-corrected chi connectivity index (χ3v) is 2.81. The first-order valence-corrected chi connectivity index (χ1v) is 5.61. The number of carbonyl (C=O) groups is 1. The fourth-order valence-electron chi connectivity index (χ4n) is 1.61. The van der Waals surface area contributed by atoms with Crippen LogP contribution in [0.3, 0.4) is 0 Å². The fraction of sp³-hybridized carbons (Fsp3) is 0.250. The van der Waals surface area contributed by atoms with Crippen LogP contribution in [0.1, 0.15) is 13.0 Å². The van der Waals surface area contributed by atoms with E-state index in [9.17, 15) is 4.79 Å². The summed E-state index contributed by atoms with van der Waals surface area (Å²) in [6, 6.07) is 1.72. The highest BCUT2D eigenvalue weighted by Gasteiger charge is 2.13. The standard InChI is InChI=1S/C12H10ClN3O2/c1-3-10(17)18-6-8(2)16-5-4-9-11(13)14-7-15-12(9)16/h1,4-5,7-8H,6H2,2H3. The van der Waals surface area contributed by atoms with Gasteiger partial charge in [0.2, 0.25) is 0 Å². The molecule has 2 heterocycles. The molecule has 6 heteroatoms. The zero-order valence-electron chi connectivity index (χ0n) is 9.63. The first kappa shape index (κ1) is 12.4. The van der Waals surface area contributed by atoms with Crippen molar-refractivity contribution in [3.8, 4) is 12.3 Å². The molecule has 1 atom stereocenters. The number of rotatable bonds is 3. The maximum atomic E-state index is 10.9. The molecule has 0 bridgehead atoms. The van der Waals surface area contributed by atoms with E-state index < -0.39 is 5.97 Å². The van der Waals surface area contributed by atoms with Crippen LogP contribution in [0.4, 0.5) is 0 Å². The van der Waals surface area contributed by atoms with Crippen molar-refractivity contribution in [3.05, 3.63) is 23.7 Å². The van der Waals surface area contributed by atoms with Crippen molar-refractivity contribution in [2.24, 2.45) is 0 Å². The Balaban J connectivity index is 2.24. The zero-order valence-corrected chi connectivity index (χ0v) is 10.4. The first-order chi connectivity index (χ1) is 8.63. The number of terminal acetylenes is 1. The van der Waals surface area contributed by atoms with Gasteiger partial charge in [0.1, 0.15) is 23.7 Å². The molecule has 0 aliphatic heterocycles. The minimum absolute atomic E-state index is 0.0919. The second-order valence-electron chi connectivity index (χ2n) is 3.72. The van der Waals surface area contributed by atoms with E-state index in [2.05, 4.69) is 9.97 Å². The molecule has 0 radical (unpaired) electrons. The van der Waals surface area contributed by atoms with Gasteiger partial charge in [0, 0.05) is 12.1 Å². The second-order valence-corrected chi connectivity index (χ2v) is 4.07. The van der Waals surface area contributed by atoms with Crippen molar-refractivity contribution in [3.63, 3.8) is 0 Å². The summed E-state index contributed by atoms with van der Waals surface area (Å²) >= 11 is 5.95. The van der Waals surface area contributed by atoms with Crippen molar-refractivity contribution >= 4 is 28.6 Å².